The minimum absolute atomic E-state index is 0.00310. The van der Waals surface area contributed by atoms with E-state index in [0.29, 0.717) is 25.4 Å². The lowest BCUT2D eigenvalue weighted by Crippen LogP contribution is -2.25. The summed E-state index contributed by atoms with van der Waals surface area (Å²) in [7, 11) is 0. The fourth-order valence-corrected chi connectivity index (χ4v) is 2.70. The van der Waals surface area contributed by atoms with Gasteiger partial charge in [-0.05, 0) is 35.7 Å². The molecule has 0 saturated heterocycles. The molecule has 3 aromatic rings. The van der Waals surface area contributed by atoms with Crippen LogP contribution in [-0.4, -0.2) is 20.4 Å². The molecule has 0 spiro atoms. The summed E-state index contributed by atoms with van der Waals surface area (Å²) < 4.78 is 15.1. The Morgan fingerprint density at radius 2 is 2.00 bits per heavy atom. The lowest BCUT2D eigenvalue weighted by atomic mass is 10.1. The number of nitrogens with zero attached hydrogens (tertiary/aromatic N) is 3. The van der Waals surface area contributed by atoms with Gasteiger partial charge in [0.25, 0.3) is 0 Å². The topological polar surface area (TPSA) is 59.8 Å². The molecule has 0 unspecified atom stereocenters. The van der Waals surface area contributed by atoms with Gasteiger partial charge in [0, 0.05) is 12.6 Å². The van der Waals surface area contributed by atoms with Crippen molar-refractivity contribution in [3.8, 4) is 0 Å². The molecule has 0 aliphatic rings. The number of nitrogens with one attached hydrogen (secondary N) is 1. The van der Waals surface area contributed by atoms with Crippen LogP contribution in [0, 0.1) is 11.7 Å². The van der Waals surface area contributed by atoms with Gasteiger partial charge in [-0.3, -0.25) is 4.79 Å². The molecule has 1 amide bonds. The molecule has 2 aromatic heterocycles. The van der Waals surface area contributed by atoms with E-state index in [4.69, 9.17) is 0 Å². The van der Waals surface area contributed by atoms with Crippen molar-refractivity contribution in [3.05, 3.63) is 59.8 Å². The molecule has 6 heteroatoms. The first-order valence-corrected chi connectivity index (χ1v) is 8.34. The van der Waals surface area contributed by atoms with Gasteiger partial charge in [-0.1, -0.05) is 26.0 Å². The minimum Gasteiger partial charge on any atom is -0.349 e. The van der Waals surface area contributed by atoms with Crippen molar-refractivity contribution in [3.63, 3.8) is 0 Å². The van der Waals surface area contributed by atoms with Gasteiger partial charge in [0.05, 0.1) is 13.1 Å². The Morgan fingerprint density at radius 1 is 1.24 bits per heavy atom. The third-order valence-electron chi connectivity index (χ3n) is 3.87. The molecular formula is C19H21FN4O. The van der Waals surface area contributed by atoms with E-state index in [1.807, 2.05) is 30.5 Å². The SMILES string of the molecule is CC(C)CC(=O)NCc1nc2cccnc2n1Cc1ccc(F)cc1. The highest BCUT2D eigenvalue weighted by Crippen LogP contribution is 2.16. The number of halogens is 1. The molecule has 0 aliphatic heterocycles. The molecule has 0 aliphatic carbocycles. The van der Waals surface area contributed by atoms with E-state index in [-0.39, 0.29) is 11.7 Å². The zero-order valence-corrected chi connectivity index (χ0v) is 14.4. The van der Waals surface area contributed by atoms with Gasteiger partial charge in [0.15, 0.2) is 5.65 Å². The van der Waals surface area contributed by atoms with E-state index < -0.39 is 0 Å². The van der Waals surface area contributed by atoms with Crippen LogP contribution in [0.2, 0.25) is 0 Å². The number of fused-ring (bicyclic) bond motifs is 1. The molecule has 0 radical (unpaired) electrons. The van der Waals surface area contributed by atoms with Gasteiger partial charge < -0.3 is 9.88 Å². The van der Waals surface area contributed by atoms with E-state index in [1.54, 1.807) is 18.3 Å². The van der Waals surface area contributed by atoms with Gasteiger partial charge in [-0.25, -0.2) is 14.4 Å². The predicted octanol–water partition coefficient (Wildman–Crippen LogP) is 3.28. The Hall–Kier alpha value is -2.76. The summed E-state index contributed by atoms with van der Waals surface area (Å²) in [5, 5.41) is 2.92. The molecule has 130 valence electrons. The van der Waals surface area contributed by atoms with Gasteiger partial charge in [0.1, 0.15) is 17.2 Å². The second-order valence-electron chi connectivity index (χ2n) is 6.46. The van der Waals surface area contributed by atoms with Crippen molar-refractivity contribution in [2.75, 3.05) is 0 Å². The number of hydrogen-bond acceptors (Lipinski definition) is 3. The Morgan fingerprint density at radius 3 is 2.72 bits per heavy atom. The number of rotatable bonds is 6. The van der Waals surface area contributed by atoms with Crippen LogP contribution in [0.5, 0.6) is 0 Å². The molecule has 0 saturated carbocycles. The average Bonchev–Trinajstić information content (AvgIpc) is 2.92. The van der Waals surface area contributed by atoms with Gasteiger partial charge in [-0.15, -0.1) is 0 Å². The number of carbonyl (C=O) groups is 1. The normalized spacial score (nSPS) is 11.2. The largest absolute Gasteiger partial charge is 0.349 e. The highest BCUT2D eigenvalue weighted by atomic mass is 19.1. The number of pyridine rings is 1. The maximum Gasteiger partial charge on any atom is 0.220 e. The van der Waals surface area contributed by atoms with Crippen molar-refractivity contribution in [1.29, 1.82) is 0 Å². The van der Waals surface area contributed by atoms with Crippen LogP contribution in [0.25, 0.3) is 11.2 Å². The van der Waals surface area contributed by atoms with Gasteiger partial charge >= 0.3 is 0 Å². The summed E-state index contributed by atoms with van der Waals surface area (Å²) >= 11 is 0. The number of imidazole rings is 1. The van der Waals surface area contributed by atoms with E-state index in [1.165, 1.54) is 12.1 Å². The van der Waals surface area contributed by atoms with Crippen molar-refractivity contribution in [2.45, 2.75) is 33.4 Å². The first-order chi connectivity index (χ1) is 12.0. The fraction of sp³-hybridized carbons (Fsp3) is 0.316. The molecule has 25 heavy (non-hydrogen) atoms. The molecule has 0 bridgehead atoms. The zero-order valence-electron chi connectivity index (χ0n) is 14.4. The summed E-state index contributed by atoms with van der Waals surface area (Å²) in [5.41, 5.74) is 2.47. The molecule has 5 nitrogen and oxygen atoms in total. The fourth-order valence-electron chi connectivity index (χ4n) is 2.70. The second kappa shape index (κ2) is 7.42. The van der Waals surface area contributed by atoms with E-state index in [0.717, 1.165) is 22.6 Å². The predicted molar refractivity (Wildman–Crippen MR) is 94.3 cm³/mol. The van der Waals surface area contributed by atoms with Crippen LogP contribution < -0.4 is 5.32 Å². The summed E-state index contributed by atoms with van der Waals surface area (Å²) in [6.07, 6.45) is 2.20. The Labute approximate surface area is 145 Å². The van der Waals surface area contributed by atoms with Gasteiger partial charge in [0.2, 0.25) is 5.91 Å². The van der Waals surface area contributed by atoms with E-state index in [2.05, 4.69) is 15.3 Å². The maximum atomic E-state index is 13.1. The average molecular weight is 340 g/mol. The van der Waals surface area contributed by atoms with Crippen LogP contribution in [0.4, 0.5) is 4.39 Å². The van der Waals surface area contributed by atoms with E-state index in [9.17, 15) is 9.18 Å². The monoisotopic (exact) mass is 340 g/mol. The lowest BCUT2D eigenvalue weighted by Gasteiger charge is -2.10. The molecule has 1 N–H and O–H groups in total. The number of benzene rings is 1. The Bertz CT molecular complexity index is 871. The molecule has 2 heterocycles. The number of amides is 1. The third kappa shape index (κ3) is 4.21. The summed E-state index contributed by atoms with van der Waals surface area (Å²) in [5.74, 6) is 0.775. The summed E-state index contributed by atoms with van der Waals surface area (Å²) in [4.78, 5) is 20.9. The Balaban J connectivity index is 1.86. The first-order valence-electron chi connectivity index (χ1n) is 8.34. The van der Waals surface area contributed by atoms with Gasteiger partial charge in [-0.2, -0.15) is 0 Å². The highest BCUT2D eigenvalue weighted by Gasteiger charge is 2.13. The third-order valence-corrected chi connectivity index (χ3v) is 3.87. The number of aromatic nitrogens is 3. The minimum atomic E-state index is -0.265. The van der Waals surface area contributed by atoms with Crippen LogP contribution >= 0.6 is 0 Å². The van der Waals surface area contributed by atoms with Crippen molar-refractivity contribution in [2.24, 2.45) is 5.92 Å². The van der Waals surface area contributed by atoms with Crippen LogP contribution in [0.15, 0.2) is 42.6 Å². The second-order valence-corrected chi connectivity index (χ2v) is 6.46. The standard InChI is InChI=1S/C19H21FN4O/c1-13(2)10-18(25)22-11-17-23-16-4-3-9-21-19(16)24(17)12-14-5-7-15(20)8-6-14/h3-9,13H,10-12H2,1-2H3,(H,22,25). The molecule has 1 aromatic carbocycles. The maximum absolute atomic E-state index is 13.1. The van der Waals surface area contributed by atoms with Crippen LogP contribution in [0.3, 0.4) is 0 Å². The molecule has 3 rings (SSSR count). The van der Waals surface area contributed by atoms with Crippen molar-refractivity contribution in [1.82, 2.24) is 19.9 Å². The highest BCUT2D eigenvalue weighted by molar-refractivity contribution is 5.76. The molecule has 0 atom stereocenters. The lowest BCUT2D eigenvalue weighted by molar-refractivity contribution is -0.122. The summed E-state index contributed by atoms with van der Waals surface area (Å²) in [6.45, 7) is 4.87. The molecular weight excluding hydrogens is 319 g/mol. The quantitative estimate of drug-likeness (QED) is 0.749. The molecule has 0 fully saturated rings. The van der Waals surface area contributed by atoms with Crippen molar-refractivity contribution >= 4 is 17.1 Å². The smallest absolute Gasteiger partial charge is 0.220 e. The zero-order chi connectivity index (χ0) is 17.8. The van der Waals surface area contributed by atoms with Crippen LogP contribution in [0.1, 0.15) is 31.7 Å². The van der Waals surface area contributed by atoms with Crippen LogP contribution in [-0.2, 0) is 17.9 Å². The van der Waals surface area contributed by atoms with Crippen molar-refractivity contribution < 1.29 is 9.18 Å². The first kappa shape index (κ1) is 17.1. The number of carbonyl (C=O) groups excluding carboxylic acids is 1. The Kier molecular flexibility index (Phi) is 5.07. The summed E-state index contributed by atoms with van der Waals surface area (Å²) in [6, 6.07) is 10.1. The number of hydrogen-bond donors (Lipinski definition) is 1. The van der Waals surface area contributed by atoms with E-state index >= 15 is 0 Å².